The predicted molar refractivity (Wildman–Crippen MR) is 134 cm³/mol. The van der Waals surface area contributed by atoms with Crippen LogP contribution in [0.5, 0.6) is 0 Å². The Hall–Kier alpha value is -3.44. The first-order chi connectivity index (χ1) is 18.3. The van der Waals surface area contributed by atoms with Gasteiger partial charge in [-0.3, -0.25) is 14.2 Å². The number of imidazole rings is 1. The number of ether oxygens (including phenoxy) is 1. The quantitative estimate of drug-likeness (QED) is 0.466. The zero-order chi connectivity index (χ0) is 26.4. The molecule has 4 saturated carbocycles. The van der Waals surface area contributed by atoms with Crippen molar-refractivity contribution in [2.24, 2.45) is 29.1 Å². The summed E-state index contributed by atoms with van der Waals surface area (Å²) in [5.74, 6) is 0.546. The van der Waals surface area contributed by atoms with Crippen LogP contribution in [0.1, 0.15) is 64.0 Å². The number of carbonyl (C=O) groups excluding carboxylic acids is 1. The van der Waals surface area contributed by atoms with Gasteiger partial charge in [-0.15, -0.1) is 0 Å². The van der Waals surface area contributed by atoms with Gasteiger partial charge in [0.1, 0.15) is 12.5 Å². The Morgan fingerprint density at radius 3 is 2.29 bits per heavy atom. The summed E-state index contributed by atoms with van der Waals surface area (Å²) in [7, 11) is 0. The lowest BCUT2D eigenvalue weighted by Gasteiger charge is -2.56. The molecule has 12 heteroatoms. The number of aliphatic carboxylic acids is 2. The second kappa shape index (κ2) is 9.70. The summed E-state index contributed by atoms with van der Waals surface area (Å²) < 4.78 is 7.26. The molecule has 204 valence electrons. The third-order valence-corrected chi connectivity index (χ3v) is 9.15. The van der Waals surface area contributed by atoms with Gasteiger partial charge in [-0.2, -0.15) is 0 Å². The van der Waals surface area contributed by atoms with Gasteiger partial charge in [-0.05, 0) is 69.1 Å². The summed E-state index contributed by atoms with van der Waals surface area (Å²) in [6.07, 6.45) is 9.13. The van der Waals surface area contributed by atoms with Gasteiger partial charge < -0.3 is 25.2 Å². The Balaban J connectivity index is 1.16. The number of nitrogens with zero attached hydrogens (tertiary/aromatic N) is 5. The van der Waals surface area contributed by atoms with Crippen LogP contribution in [0.3, 0.4) is 0 Å². The van der Waals surface area contributed by atoms with E-state index in [4.69, 9.17) is 4.74 Å². The van der Waals surface area contributed by atoms with E-state index in [1.807, 2.05) is 4.90 Å². The third-order valence-electron chi connectivity index (χ3n) is 9.15. The lowest BCUT2D eigenvalue weighted by Crippen LogP contribution is -2.49. The second-order valence-electron chi connectivity index (χ2n) is 11.9. The fourth-order valence-electron chi connectivity index (χ4n) is 7.88. The topological polar surface area (TPSA) is 160 Å². The number of fused-ring (bicyclic) bond motifs is 1. The van der Waals surface area contributed by atoms with E-state index in [0.29, 0.717) is 49.5 Å². The fraction of sp³-hybridized carbons (Fsp3) is 0.692. The molecule has 1 unspecified atom stereocenters. The molecule has 2 aromatic heterocycles. The summed E-state index contributed by atoms with van der Waals surface area (Å²) in [5.41, 5.74) is 0.926. The number of nitrogens with one attached hydrogen (secondary N) is 1. The minimum absolute atomic E-state index is 0.0618. The van der Waals surface area contributed by atoms with Gasteiger partial charge in [0.25, 0.3) is 0 Å². The Morgan fingerprint density at radius 2 is 1.68 bits per heavy atom. The average molecular weight is 527 g/mol. The van der Waals surface area contributed by atoms with Gasteiger partial charge in [0.05, 0.1) is 25.3 Å². The van der Waals surface area contributed by atoms with Crippen LogP contribution in [0.2, 0.25) is 0 Å². The van der Waals surface area contributed by atoms with E-state index in [0.717, 1.165) is 37.0 Å². The van der Waals surface area contributed by atoms with Crippen LogP contribution in [0.4, 0.5) is 10.6 Å². The number of hydrogen-bond acceptors (Lipinski definition) is 8. The molecule has 3 N–H and O–H groups in total. The molecule has 2 aromatic rings. The van der Waals surface area contributed by atoms with Crippen LogP contribution in [-0.2, 0) is 14.3 Å². The Morgan fingerprint density at radius 1 is 1.03 bits per heavy atom. The van der Waals surface area contributed by atoms with Crippen molar-refractivity contribution in [1.82, 2.24) is 24.8 Å². The van der Waals surface area contributed by atoms with Crippen molar-refractivity contribution in [3.8, 4) is 0 Å². The highest BCUT2D eigenvalue weighted by Gasteiger charge is 2.51. The fourth-order valence-corrected chi connectivity index (χ4v) is 7.88. The Bertz CT molecular complexity index is 1200. The van der Waals surface area contributed by atoms with Gasteiger partial charge in [0, 0.05) is 18.5 Å². The van der Waals surface area contributed by atoms with E-state index in [1.165, 1.54) is 36.5 Å². The maximum Gasteiger partial charge on any atom is 0.408 e. The van der Waals surface area contributed by atoms with Gasteiger partial charge >= 0.3 is 18.0 Å². The summed E-state index contributed by atoms with van der Waals surface area (Å²) in [6, 6.07) is 0. The van der Waals surface area contributed by atoms with E-state index >= 15 is 0 Å². The first-order valence-electron chi connectivity index (χ1n) is 13.6. The number of amides is 1. The van der Waals surface area contributed by atoms with Crippen molar-refractivity contribution in [3.63, 3.8) is 0 Å². The van der Waals surface area contributed by atoms with E-state index in [1.54, 1.807) is 0 Å². The van der Waals surface area contributed by atoms with E-state index in [2.05, 4.69) is 20.3 Å². The Labute approximate surface area is 219 Å². The molecule has 0 aromatic carbocycles. The van der Waals surface area contributed by atoms with E-state index < -0.39 is 24.2 Å². The lowest BCUT2D eigenvalue weighted by atomic mass is 9.50. The van der Waals surface area contributed by atoms with Gasteiger partial charge in [-0.1, -0.05) is 0 Å². The first-order valence-corrected chi connectivity index (χ1v) is 13.6. The number of carboxylic acid groups (broad SMARTS) is 2. The number of carboxylic acids is 2. The summed E-state index contributed by atoms with van der Waals surface area (Å²) in [4.78, 5) is 51.1. The number of carbonyl (C=O) groups is 3. The monoisotopic (exact) mass is 526 g/mol. The number of piperidine rings is 1. The molecular formula is C26H34N6O6. The molecule has 1 saturated heterocycles. The average Bonchev–Trinajstić information content (AvgIpc) is 3.31. The molecule has 1 atom stereocenters. The molecule has 38 heavy (non-hydrogen) atoms. The van der Waals surface area contributed by atoms with Gasteiger partial charge in [0.2, 0.25) is 0 Å². The molecule has 7 rings (SSSR count). The largest absolute Gasteiger partial charge is 0.481 e. The van der Waals surface area contributed by atoms with Gasteiger partial charge in [0.15, 0.2) is 17.0 Å². The highest BCUT2D eigenvalue weighted by Crippen LogP contribution is 2.60. The van der Waals surface area contributed by atoms with Crippen LogP contribution in [0.15, 0.2) is 12.7 Å². The minimum Gasteiger partial charge on any atom is -0.481 e. The maximum absolute atomic E-state index is 12.9. The molecule has 5 aliphatic rings. The number of rotatable bonds is 8. The summed E-state index contributed by atoms with van der Waals surface area (Å²) in [6.45, 7) is 1.40. The smallest absolute Gasteiger partial charge is 0.408 e. The predicted octanol–water partition coefficient (Wildman–Crippen LogP) is 3.04. The van der Waals surface area contributed by atoms with Crippen LogP contribution in [0.25, 0.3) is 11.2 Å². The lowest BCUT2D eigenvalue weighted by molar-refractivity contribution is -0.142. The molecule has 5 fully saturated rings. The molecule has 4 bridgehead atoms. The molecule has 1 amide bonds. The standard InChI is InChI=1S/C26H34N6O6/c33-20(34)8-19(30-25(37)38-12-26-9-15-5-16(10-26)7-17(6-15)11-26)32-14-29-21-22(27-13-28-23(21)32)31-3-1-18(2-4-31)24(35)36/h13-19H,1-12H2,(H,30,37)(H,33,34)(H,35,36). The molecule has 1 aliphatic heterocycles. The van der Waals surface area contributed by atoms with Crippen LogP contribution < -0.4 is 10.2 Å². The molecular weight excluding hydrogens is 492 g/mol. The Kier molecular flexibility index (Phi) is 6.35. The molecule has 4 aliphatic carbocycles. The molecule has 12 nitrogen and oxygen atoms in total. The zero-order valence-corrected chi connectivity index (χ0v) is 21.3. The highest BCUT2D eigenvalue weighted by atomic mass is 16.5. The summed E-state index contributed by atoms with van der Waals surface area (Å²) in [5, 5.41) is 21.6. The van der Waals surface area contributed by atoms with Crippen LogP contribution >= 0.6 is 0 Å². The van der Waals surface area contributed by atoms with Crippen molar-refractivity contribution in [1.29, 1.82) is 0 Å². The number of anilines is 1. The van der Waals surface area contributed by atoms with Crippen LogP contribution in [-0.4, -0.2) is 67.5 Å². The van der Waals surface area contributed by atoms with Crippen molar-refractivity contribution in [3.05, 3.63) is 12.7 Å². The van der Waals surface area contributed by atoms with E-state index in [9.17, 15) is 24.6 Å². The molecule has 0 spiro atoms. The number of aromatic nitrogens is 4. The van der Waals surface area contributed by atoms with Gasteiger partial charge in [-0.25, -0.2) is 19.7 Å². The summed E-state index contributed by atoms with van der Waals surface area (Å²) >= 11 is 0. The minimum atomic E-state index is -1.08. The zero-order valence-electron chi connectivity index (χ0n) is 21.3. The normalized spacial score (nSPS) is 29.4. The van der Waals surface area contributed by atoms with Crippen LogP contribution in [0, 0.1) is 29.1 Å². The van der Waals surface area contributed by atoms with Crippen molar-refractivity contribution in [2.75, 3.05) is 24.6 Å². The maximum atomic E-state index is 12.9. The third kappa shape index (κ3) is 4.76. The molecule has 0 radical (unpaired) electrons. The van der Waals surface area contributed by atoms with Crippen molar-refractivity contribution < 1.29 is 29.3 Å². The molecule has 3 heterocycles. The number of hydrogen-bond donors (Lipinski definition) is 3. The van der Waals surface area contributed by atoms with Crippen molar-refractivity contribution in [2.45, 2.75) is 64.0 Å². The second-order valence-corrected chi connectivity index (χ2v) is 11.9. The SMILES string of the molecule is O=C(O)CC(NC(=O)OCC12CC3CC(CC(C3)C1)C2)n1cnc2c(N3CCC(C(=O)O)CC3)ncnc21. The number of alkyl carbamates (subject to hydrolysis) is 1. The van der Waals surface area contributed by atoms with Crippen molar-refractivity contribution >= 4 is 35.0 Å². The van der Waals surface area contributed by atoms with E-state index in [-0.39, 0.29) is 17.8 Å². The highest BCUT2D eigenvalue weighted by molar-refractivity contribution is 5.84. The first kappa shape index (κ1) is 24.9.